The van der Waals surface area contributed by atoms with Gasteiger partial charge in [0.25, 0.3) is 5.91 Å². The first-order chi connectivity index (χ1) is 13.9. The van der Waals surface area contributed by atoms with E-state index >= 15 is 0 Å². The van der Waals surface area contributed by atoms with Crippen molar-refractivity contribution in [1.82, 2.24) is 9.97 Å². The molecule has 154 valence electrons. The SMILES string of the molecule is CC(C)(C)Cc1cnc(CSc2cnc(NC(=O)COCc3ccccc3)s2)o1. The highest BCUT2D eigenvalue weighted by Crippen LogP contribution is 2.31. The lowest BCUT2D eigenvalue weighted by Crippen LogP contribution is -2.17. The molecule has 0 saturated carbocycles. The van der Waals surface area contributed by atoms with Crippen molar-refractivity contribution in [3.8, 4) is 0 Å². The summed E-state index contributed by atoms with van der Waals surface area (Å²) in [6.45, 7) is 6.90. The fourth-order valence-corrected chi connectivity index (χ4v) is 4.27. The molecule has 1 N–H and O–H groups in total. The number of thioether (sulfide) groups is 1. The van der Waals surface area contributed by atoms with Crippen molar-refractivity contribution >= 4 is 34.1 Å². The second-order valence-electron chi connectivity index (χ2n) is 7.76. The van der Waals surface area contributed by atoms with Gasteiger partial charge in [0, 0.05) is 6.42 Å². The molecule has 1 amide bonds. The Kier molecular flexibility index (Phi) is 7.46. The van der Waals surface area contributed by atoms with Crippen molar-refractivity contribution < 1.29 is 13.9 Å². The molecule has 0 aliphatic heterocycles. The summed E-state index contributed by atoms with van der Waals surface area (Å²) in [7, 11) is 0. The van der Waals surface area contributed by atoms with Gasteiger partial charge < -0.3 is 9.15 Å². The van der Waals surface area contributed by atoms with Gasteiger partial charge in [-0.2, -0.15) is 0 Å². The van der Waals surface area contributed by atoms with E-state index in [4.69, 9.17) is 9.15 Å². The van der Waals surface area contributed by atoms with E-state index in [2.05, 4.69) is 36.1 Å². The second kappa shape index (κ2) is 10.0. The first kappa shape index (κ1) is 21.5. The van der Waals surface area contributed by atoms with E-state index in [0.29, 0.717) is 23.4 Å². The fraction of sp³-hybridized carbons (Fsp3) is 0.381. The van der Waals surface area contributed by atoms with Gasteiger partial charge in [0.2, 0.25) is 5.89 Å². The molecule has 0 unspecified atom stereocenters. The molecule has 0 fully saturated rings. The number of ether oxygens (including phenoxy) is 1. The molecule has 0 aliphatic carbocycles. The molecule has 0 atom stereocenters. The van der Waals surface area contributed by atoms with Crippen LogP contribution in [-0.4, -0.2) is 22.5 Å². The molecule has 2 heterocycles. The predicted molar refractivity (Wildman–Crippen MR) is 116 cm³/mol. The van der Waals surface area contributed by atoms with Gasteiger partial charge in [-0.3, -0.25) is 10.1 Å². The van der Waals surface area contributed by atoms with Gasteiger partial charge in [-0.15, -0.1) is 11.8 Å². The Morgan fingerprint density at radius 3 is 2.76 bits per heavy atom. The van der Waals surface area contributed by atoms with Crippen LogP contribution in [0.4, 0.5) is 5.13 Å². The standard InChI is InChI=1S/C21H25N3O3S2/c1-21(2,3)9-16-10-22-18(27-16)14-28-19-11-23-20(29-19)24-17(25)13-26-12-15-7-5-4-6-8-15/h4-8,10-11H,9,12-14H2,1-3H3,(H,23,24,25). The molecule has 1 aromatic carbocycles. The van der Waals surface area contributed by atoms with Crippen LogP contribution in [0.15, 0.2) is 51.4 Å². The van der Waals surface area contributed by atoms with E-state index in [1.165, 1.54) is 11.3 Å². The number of carbonyl (C=O) groups excluding carboxylic acids is 1. The quantitative estimate of drug-likeness (QED) is 0.471. The van der Waals surface area contributed by atoms with Gasteiger partial charge in [0.1, 0.15) is 12.4 Å². The smallest absolute Gasteiger partial charge is 0.252 e. The highest BCUT2D eigenvalue weighted by Gasteiger charge is 2.15. The van der Waals surface area contributed by atoms with Crippen molar-refractivity contribution in [2.45, 2.75) is 43.8 Å². The third-order valence-corrected chi connectivity index (χ3v) is 5.81. The highest BCUT2D eigenvalue weighted by atomic mass is 32.2. The zero-order valence-corrected chi connectivity index (χ0v) is 18.4. The average molecular weight is 432 g/mol. The Morgan fingerprint density at radius 1 is 1.21 bits per heavy atom. The third kappa shape index (κ3) is 7.64. The van der Waals surface area contributed by atoms with Crippen molar-refractivity contribution in [3.05, 3.63) is 59.9 Å². The van der Waals surface area contributed by atoms with Crippen molar-refractivity contribution in [2.24, 2.45) is 5.41 Å². The number of hydrogen-bond acceptors (Lipinski definition) is 7. The number of thiazole rings is 1. The number of oxazole rings is 1. The predicted octanol–water partition coefficient (Wildman–Crippen LogP) is 5.17. The number of carbonyl (C=O) groups is 1. The Balaban J connectivity index is 1.40. The van der Waals surface area contributed by atoms with E-state index in [9.17, 15) is 4.79 Å². The molecule has 29 heavy (non-hydrogen) atoms. The topological polar surface area (TPSA) is 77.2 Å². The second-order valence-corrected chi connectivity index (χ2v) is 10.1. The Hall–Kier alpha value is -2.16. The molecule has 0 bridgehead atoms. The number of aromatic nitrogens is 2. The van der Waals surface area contributed by atoms with E-state index < -0.39 is 0 Å². The maximum Gasteiger partial charge on any atom is 0.252 e. The lowest BCUT2D eigenvalue weighted by atomic mass is 9.91. The molecular weight excluding hydrogens is 406 g/mol. The van der Waals surface area contributed by atoms with Gasteiger partial charge in [-0.25, -0.2) is 9.97 Å². The van der Waals surface area contributed by atoms with Crippen LogP contribution in [0.3, 0.4) is 0 Å². The van der Waals surface area contributed by atoms with Crippen LogP contribution in [0, 0.1) is 5.41 Å². The van der Waals surface area contributed by atoms with E-state index in [-0.39, 0.29) is 17.9 Å². The number of amides is 1. The summed E-state index contributed by atoms with van der Waals surface area (Å²) in [5.74, 6) is 2.01. The summed E-state index contributed by atoms with van der Waals surface area (Å²) in [5, 5.41) is 3.32. The Labute approximate surface area is 179 Å². The molecule has 3 aromatic rings. The number of anilines is 1. The van der Waals surface area contributed by atoms with Gasteiger partial charge in [0.15, 0.2) is 5.13 Å². The summed E-state index contributed by atoms with van der Waals surface area (Å²) in [4.78, 5) is 20.6. The third-order valence-electron chi connectivity index (χ3n) is 3.72. The number of nitrogens with zero attached hydrogens (tertiary/aromatic N) is 2. The number of nitrogens with one attached hydrogen (secondary N) is 1. The minimum Gasteiger partial charge on any atom is -0.445 e. The molecule has 0 saturated heterocycles. The lowest BCUT2D eigenvalue weighted by Gasteiger charge is -2.15. The van der Waals surface area contributed by atoms with Crippen molar-refractivity contribution in [3.63, 3.8) is 0 Å². The van der Waals surface area contributed by atoms with Crippen LogP contribution < -0.4 is 5.32 Å². The van der Waals surface area contributed by atoms with Crippen molar-refractivity contribution in [1.29, 1.82) is 0 Å². The van der Waals surface area contributed by atoms with E-state index in [0.717, 1.165) is 22.0 Å². The zero-order chi connectivity index (χ0) is 20.7. The Bertz CT molecular complexity index is 917. The van der Waals surface area contributed by atoms with Crippen LogP contribution in [0.1, 0.15) is 38.0 Å². The monoisotopic (exact) mass is 431 g/mol. The van der Waals surface area contributed by atoms with Crippen LogP contribution >= 0.6 is 23.1 Å². The normalized spacial score (nSPS) is 11.6. The minimum atomic E-state index is -0.216. The van der Waals surface area contributed by atoms with Crippen LogP contribution in [0.2, 0.25) is 0 Å². The number of rotatable bonds is 9. The first-order valence-electron chi connectivity index (χ1n) is 9.31. The molecule has 6 nitrogen and oxygen atoms in total. The minimum absolute atomic E-state index is 0.0101. The van der Waals surface area contributed by atoms with Gasteiger partial charge in [-0.05, 0) is 11.0 Å². The summed E-state index contributed by atoms with van der Waals surface area (Å²) >= 11 is 3.01. The van der Waals surface area contributed by atoms with Crippen LogP contribution in [-0.2, 0) is 28.3 Å². The summed E-state index contributed by atoms with van der Waals surface area (Å²) in [6, 6.07) is 9.75. The lowest BCUT2D eigenvalue weighted by molar-refractivity contribution is -0.121. The average Bonchev–Trinajstić information content (AvgIpc) is 3.29. The maximum atomic E-state index is 12.0. The number of benzene rings is 1. The van der Waals surface area contributed by atoms with Crippen molar-refractivity contribution in [2.75, 3.05) is 11.9 Å². The molecule has 0 aliphatic rings. The Morgan fingerprint density at radius 2 is 2.00 bits per heavy atom. The molecule has 2 aromatic heterocycles. The largest absolute Gasteiger partial charge is 0.445 e. The summed E-state index contributed by atoms with van der Waals surface area (Å²) < 4.78 is 12.2. The molecule has 0 radical (unpaired) electrons. The van der Waals surface area contributed by atoms with Gasteiger partial charge >= 0.3 is 0 Å². The van der Waals surface area contributed by atoms with Gasteiger partial charge in [0.05, 0.1) is 29.0 Å². The summed E-state index contributed by atoms with van der Waals surface area (Å²) in [5.41, 5.74) is 1.20. The highest BCUT2D eigenvalue weighted by molar-refractivity contribution is 8.00. The molecule has 8 heteroatoms. The molecule has 3 rings (SSSR count). The maximum absolute atomic E-state index is 12.0. The van der Waals surface area contributed by atoms with Crippen LogP contribution in [0.25, 0.3) is 0 Å². The first-order valence-corrected chi connectivity index (χ1v) is 11.1. The fourth-order valence-electron chi connectivity index (χ4n) is 2.53. The van der Waals surface area contributed by atoms with E-state index in [1.54, 1.807) is 24.2 Å². The van der Waals surface area contributed by atoms with Gasteiger partial charge in [-0.1, -0.05) is 62.4 Å². The summed E-state index contributed by atoms with van der Waals surface area (Å²) in [6.07, 6.45) is 4.40. The number of hydrogen-bond donors (Lipinski definition) is 1. The zero-order valence-electron chi connectivity index (χ0n) is 16.8. The molecule has 0 spiro atoms. The molecular formula is C21H25N3O3S2. The van der Waals surface area contributed by atoms with Crippen LogP contribution in [0.5, 0.6) is 0 Å². The van der Waals surface area contributed by atoms with E-state index in [1.807, 2.05) is 30.3 Å².